The van der Waals surface area contributed by atoms with Gasteiger partial charge < -0.3 is 0 Å². The molecule has 109 valence electrons. The first-order valence-corrected chi connectivity index (χ1v) is 7.93. The van der Waals surface area contributed by atoms with Crippen molar-refractivity contribution in [2.75, 3.05) is 0 Å². The van der Waals surface area contributed by atoms with Crippen molar-refractivity contribution in [3.05, 3.63) is 5.92 Å². The van der Waals surface area contributed by atoms with Crippen LogP contribution in [-0.4, -0.2) is 0 Å². The Morgan fingerprint density at radius 3 is 1.56 bits per heavy atom. The van der Waals surface area contributed by atoms with Gasteiger partial charge in [0.15, 0.2) is 0 Å². The molecular formula is C18H37. The van der Waals surface area contributed by atoms with E-state index >= 15 is 0 Å². The number of hydrogen-bond donors (Lipinski definition) is 0. The lowest BCUT2D eigenvalue weighted by atomic mass is 9.70. The summed E-state index contributed by atoms with van der Waals surface area (Å²) in [4.78, 5) is 0. The predicted molar refractivity (Wildman–Crippen MR) is 84.7 cm³/mol. The molecule has 1 unspecified atom stereocenters. The van der Waals surface area contributed by atoms with E-state index in [4.69, 9.17) is 0 Å². The minimum absolute atomic E-state index is 0.431. The van der Waals surface area contributed by atoms with E-state index in [1.165, 1.54) is 38.5 Å². The molecule has 0 aliphatic carbocycles. The minimum Gasteiger partial charge on any atom is -0.0654 e. The summed E-state index contributed by atoms with van der Waals surface area (Å²) in [7, 11) is 0. The van der Waals surface area contributed by atoms with Crippen LogP contribution in [0.3, 0.4) is 0 Å². The third-order valence-corrected chi connectivity index (χ3v) is 3.49. The van der Waals surface area contributed by atoms with Crippen molar-refractivity contribution in [3.63, 3.8) is 0 Å². The topological polar surface area (TPSA) is 0 Å². The fourth-order valence-corrected chi connectivity index (χ4v) is 2.86. The molecule has 0 saturated carbocycles. The van der Waals surface area contributed by atoms with Crippen LogP contribution in [0.1, 0.15) is 93.9 Å². The van der Waals surface area contributed by atoms with Crippen LogP contribution < -0.4 is 0 Å². The monoisotopic (exact) mass is 253 g/mol. The second-order valence-electron chi connectivity index (χ2n) is 8.38. The van der Waals surface area contributed by atoms with Crippen LogP contribution in [0, 0.1) is 22.7 Å². The Labute approximate surface area is 117 Å². The highest BCUT2D eigenvalue weighted by Crippen LogP contribution is 2.41. The van der Waals surface area contributed by atoms with Gasteiger partial charge >= 0.3 is 0 Å². The van der Waals surface area contributed by atoms with Gasteiger partial charge in [0.1, 0.15) is 0 Å². The summed E-state index contributed by atoms with van der Waals surface area (Å²) in [6, 6.07) is 0. The molecule has 0 heterocycles. The zero-order valence-corrected chi connectivity index (χ0v) is 14.3. The van der Waals surface area contributed by atoms with E-state index in [-0.39, 0.29) is 0 Å². The quantitative estimate of drug-likeness (QED) is 0.476. The predicted octanol–water partition coefficient (Wildman–Crippen LogP) is 6.65. The Hall–Kier alpha value is 0. The summed E-state index contributed by atoms with van der Waals surface area (Å²) in [6.07, 6.45) is 8.03. The molecule has 0 rings (SSSR count). The molecule has 0 heteroatoms. The summed E-state index contributed by atoms with van der Waals surface area (Å²) in [5, 5.41) is 0. The lowest BCUT2D eigenvalue weighted by Gasteiger charge is -2.35. The third kappa shape index (κ3) is 9.00. The van der Waals surface area contributed by atoms with Gasteiger partial charge in [-0.3, -0.25) is 0 Å². The molecule has 0 bridgehead atoms. The van der Waals surface area contributed by atoms with Gasteiger partial charge in [-0.05, 0) is 41.9 Å². The molecule has 18 heavy (non-hydrogen) atoms. The SMILES string of the molecule is CCCCC(CC)[C](CC(C)(C)C)CC(C)(C)C. The fraction of sp³-hybridized carbons (Fsp3) is 0.944. The first-order valence-electron chi connectivity index (χ1n) is 7.93. The maximum atomic E-state index is 2.38. The zero-order valence-electron chi connectivity index (χ0n) is 14.3. The number of hydrogen-bond acceptors (Lipinski definition) is 0. The van der Waals surface area contributed by atoms with Crippen molar-refractivity contribution >= 4 is 0 Å². The van der Waals surface area contributed by atoms with E-state index in [9.17, 15) is 0 Å². The molecule has 0 aromatic carbocycles. The Kier molecular flexibility index (Phi) is 7.56. The largest absolute Gasteiger partial charge is 0.0654 e. The molecule has 0 N–H and O–H groups in total. The first-order chi connectivity index (χ1) is 8.09. The van der Waals surface area contributed by atoms with Crippen LogP contribution in [0.4, 0.5) is 0 Å². The van der Waals surface area contributed by atoms with Gasteiger partial charge in [-0.15, -0.1) is 0 Å². The molecular weight excluding hydrogens is 216 g/mol. The summed E-state index contributed by atoms with van der Waals surface area (Å²) in [5.41, 5.74) is 0.862. The van der Waals surface area contributed by atoms with Crippen LogP contribution >= 0.6 is 0 Å². The third-order valence-electron chi connectivity index (χ3n) is 3.49. The van der Waals surface area contributed by atoms with Crippen molar-refractivity contribution in [2.45, 2.75) is 93.9 Å². The summed E-state index contributed by atoms with van der Waals surface area (Å²) in [6.45, 7) is 18.9. The van der Waals surface area contributed by atoms with E-state index < -0.39 is 0 Å². The van der Waals surface area contributed by atoms with E-state index in [0.29, 0.717) is 10.8 Å². The minimum atomic E-state index is 0.431. The zero-order chi connectivity index (χ0) is 14.4. The van der Waals surface area contributed by atoms with Crippen molar-refractivity contribution in [1.29, 1.82) is 0 Å². The van der Waals surface area contributed by atoms with Crippen molar-refractivity contribution in [3.8, 4) is 0 Å². The standard InChI is InChI=1S/C18H37/c1-9-11-12-15(10-2)16(13-17(3,4)5)14-18(6,7)8/h15H,9-14H2,1-8H3. The Morgan fingerprint density at radius 2 is 1.28 bits per heavy atom. The van der Waals surface area contributed by atoms with Crippen molar-refractivity contribution in [2.24, 2.45) is 16.7 Å². The average Bonchev–Trinajstić information content (AvgIpc) is 2.13. The van der Waals surface area contributed by atoms with Gasteiger partial charge in [-0.2, -0.15) is 0 Å². The molecule has 0 spiro atoms. The maximum Gasteiger partial charge on any atom is -0.0200 e. The summed E-state index contributed by atoms with van der Waals surface area (Å²) >= 11 is 0. The number of unbranched alkanes of at least 4 members (excludes halogenated alkanes) is 1. The normalized spacial score (nSPS) is 15.2. The van der Waals surface area contributed by atoms with Crippen LogP contribution in [0.2, 0.25) is 0 Å². The van der Waals surface area contributed by atoms with E-state index in [1.807, 2.05) is 5.92 Å². The highest BCUT2D eigenvalue weighted by atomic mass is 14.3. The average molecular weight is 253 g/mol. The van der Waals surface area contributed by atoms with Gasteiger partial charge in [0.05, 0.1) is 0 Å². The molecule has 0 amide bonds. The van der Waals surface area contributed by atoms with Crippen molar-refractivity contribution in [1.82, 2.24) is 0 Å². The van der Waals surface area contributed by atoms with Crippen LogP contribution in [0.5, 0.6) is 0 Å². The van der Waals surface area contributed by atoms with E-state index in [2.05, 4.69) is 55.4 Å². The molecule has 1 radical (unpaired) electrons. The van der Waals surface area contributed by atoms with Gasteiger partial charge in [0.25, 0.3) is 0 Å². The molecule has 0 nitrogen and oxygen atoms in total. The van der Waals surface area contributed by atoms with Gasteiger partial charge in [-0.25, -0.2) is 0 Å². The Morgan fingerprint density at radius 1 is 0.833 bits per heavy atom. The Balaban J connectivity index is 4.70. The van der Waals surface area contributed by atoms with E-state index in [0.717, 1.165) is 5.92 Å². The lowest BCUT2D eigenvalue weighted by molar-refractivity contribution is 0.271. The molecule has 0 fully saturated rings. The molecule has 0 aromatic rings. The van der Waals surface area contributed by atoms with Crippen LogP contribution in [0.25, 0.3) is 0 Å². The highest BCUT2D eigenvalue weighted by Gasteiger charge is 2.29. The second-order valence-corrected chi connectivity index (χ2v) is 8.38. The maximum absolute atomic E-state index is 2.38. The molecule has 0 saturated heterocycles. The molecule has 0 aromatic heterocycles. The fourth-order valence-electron chi connectivity index (χ4n) is 2.86. The van der Waals surface area contributed by atoms with Gasteiger partial charge in [-0.1, -0.05) is 74.7 Å². The summed E-state index contributed by atoms with van der Waals surface area (Å²) in [5.74, 6) is 2.68. The second kappa shape index (κ2) is 7.56. The smallest absolute Gasteiger partial charge is 0.0200 e. The van der Waals surface area contributed by atoms with Gasteiger partial charge in [0, 0.05) is 0 Å². The lowest BCUT2D eigenvalue weighted by Crippen LogP contribution is -2.24. The molecule has 0 aliphatic heterocycles. The van der Waals surface area contributed by atoms with E-state index in [1.54, 1.807) is 0 Å². The Bertz CT molecular complexity index is 185. The molecule has 1 atom stereocenters. The first kappa shape index (κ1) is 18.0. The highest BCUT2D eigenvalue weighted by molar-refractivity contribution is 5.01. The van der Waals surface area contributed by atoms with Gasteiger partial charge in [0.2, 0.25) is 0 Å². The van der Waals surface area contributed by atoms with Crippen LogP contribution in [0.15, 0.2) is 0 Å². The number of rotatable bonds is 7. The van der Waals surface area contributed by atoms with Crippen LogP contribution in [-0.2, 0) is 0 Å². The molecule has 0 aliphatic rings. The van der Waals surface area contributed by atoms with Crippen molar-refractivity contribution < 1.29 is 0 Å². The summed E-state index contributed by atoms with van der Waals surface area (Å²) < 4.78 is 0.